The fraction of sp³-hybridized carbons (Fsp3) is 0.174. The third-order valence-corrected chi connectivity index (χ3v) is 6.58. The molecule has 1 aliphatic carbocycles. The van der Waals surface area contributed by atoms with E-state index in [1.807, 2.05) is 18.2 Å². The molecular formula is C23H17FO5S. The number of ketones is 1. The summed E-state index contributed by atoms with van der Waals surface area (Å²) in [6.07, 6.45) is 2.22. The summed E-state index contributed by atoms with van der Waals surface area (Å²) in [4.78, 5) is 11.8. The molecule has 0 fully saturated rings. The van der Waals surface area contributed by atoms with Crippen molar-refractivity contribution in [2.75, 3.05) is 0 Å². The van der Waals surface area contributed by atoms with Crippen molar-refractivity contribution in [3.63, 3.8) is 0 Å². The highest BCUT2D eigenvalue weighted by Gasteiger charge is 2.25. The number of carbonyl (C=O) groups is 1. The first kappa shape index (κ1) is 19.0. The van der Waals surface area contributed by atoms with Gasteiger partial charge >= 0.3 is 0 Å². The summed E-state index contributed by atoms with van der Waals surface area (Å²) in [5.74, 6) is 0.175. The van der Waals surface area contributed by atoms with Crippen LogP contribution in [0.15, 0.2) is 53.4 Å². The Balaban J connectivity index is 1.64. The number of ether oxygens (including phenoxy) is 1. The van der Waals surface area contributed by atoms with Crippen molar-refractivity contribution in [1.82, 2.24) is 0 Å². The summed E-state index contributed by atoms with van der Waals surface area (Å²) in [5.41, 5.74) is 4.88. The van der Waals surface area contributed by atoms with Gasteiger partial charge in [0.05, 0.1) is 0 Å². The molecule has 1 heterocycles. The van der Waals surface area contributed by atoms with Crippen LogP contribution in [0.4, 0.5) is 4.39 Å². The van der Waals surface area contributed by atoms with Gasteiger partial charge in [-0.2, -0.15) is 8.42 Å². The smallest absolute Gasteiger partial charge is 0.295 e. The molecule has 0 saturated carbocycles. The van der Waals surface area contributed by atoms with Crippen LogP contribution in [0.1, 0.15) is 34.3 Å². The van der Waals surface area contributed by atoms with Gasteiger partial charge < -0.3 is 4.74 Å². The quantitative estimate of drug-likeness (QED) is 0.597. The summed E-state index contributed by atoms with van der Waals surface area (Å²) in [6, 6.07) is 12.2. The zero-order valence-corrected chi connectivity index (χ0v) is 16.6. The van der Waals surface area contributed by atoms with E-state index in [4.69, 9.17) is 4.74 Å². The highest BCUT2D eigenvalue weighted by atomic mass is 32.2. The predicted octanol–water partition coefficient (Wildman–Crippen LogP) is 4.82. The minimum absolute atomic E-state index is 0.0853. The zero-order valence-electron chi connectivity index (χ0n) is 15.8. The maximum absolute atomic E-state index is 13.8. The Labute approximate surface area is 172 Å². The van der Waals surface area contributed by atoms with Gasteiger partial charge in [-0.15, -0.1) is 0 Å². The van der Waals surface area contributed by atoms with Crippen molar-refractivity contribution >= 4 is 15.9 Å². The second-order valence-electron chi connectivity index (χ2n) is 7.56. The second-order valence-corrected chi connectivity index (χ2v) is 8.95. The van der Waals surface area contributed by atoms with Crippen LogP contribution < -0.4 is 4.74 Å². The zero-order chi connectivity index (χ0) is 21.0. The largest absolute Gasteiger partial charge is 0.488 e. The molecule has 1 aliphatic heterocycles. The van der Waals surface area contributed by atoms with Gasteiger partial charge in [-0.25, -0.2) is 4.39 Å². The van der Waals surface area contributed by atoms with E-state index in [0.29, 0.717) is 17.7 Å². The highest BCUT2D eigenvalue weighted by molar-refractivity contribution is 7.86. The molecule has 0 bridgehead atoms. The Hall–Kier alpha value is -3.03. The minimum atomic E-state index is -4.51. The van der Waals surface area contributed by atoms with Crippen LogP contribution in [-0.2, 0) is 23.1 Å². The van der Waals surface area contributed by atoms with Gasteiger partial charge in [-0.3, -0.25) is 9.35 Å². The van der Waals surface area contributed by atoms with E-state index >= 15 is 0 Å². The number of hydrogen-bond donors (Lipinski definition) is 1. The Morgan fingerprint density at radius 3 is 2.50 bits per heavy atom. The van der Waals surface area contributed by atoms with Crippen molar-refractivity contribution in [2.45, 2.75) is 30.8 Å². The standard InChI is InChI=1S/C23H17FO5S/c24-16-5-7-23(30(26,27)28)19(10-16)14-4-6-17-15(8-14)12-29-22-11-18-13(9-20(17)22)2-1-3-21(18)25/h4-11H,1-3,12H2,(H,26,27,28). The van der Waals surface area contributed by atoms with Crippen LogP contribution in [0.2, 0.25) is 0 Å². The van der Waals surface area contributed by atoms with Crippen molar-refractivity contribution in [3.8, 4) is 28.0 Å². The van der Waals surface area contributed by atoms with Crippen molar-refractivity contribution in [3.05, 3.63) is 71.0 Å². The summed E-state index contributed by atoms with van der Waals surface area (Å²) < 4.78 is 52.7. The molecule has 7 heteroatoms. The van der Waals surface area contributed by atoms with Gasteiger partial charge in [-0.05, 0) is 71.5 Å². The Morgan fingerprint density at radius 1 is 0.867 bits per heavy atom. The molecule has 0 spiro atoms. The molecule has 0 saturated heterocycles. The van der Waals surface area contributed by atoms with Crippen LogP contribution in [0.25, 0.3) is 22.3 Å². The minimum Gasteiger partial charge on any atom is -0.488 e. The third kappa shape index (κ3) is 3.11. The number of rotatable bonds is 2. The van der Waals surface area contributed by atoms with Gasteiger partial charge in [-0.1, -0.05) is 12.1 Å². The summed E-state index contributed by atoms with van der Waals surface area (Å²) in [5, 5.41) is 0. The first-order chi connectivity index (χ1) is 14.3. The maximum atomic E-state index is 13.8. The number of hydrogen-bond acceptors (Lipinski definition) is 4. The van der Waals surface area contributed by atoms with Gasteiger partial charge in [0.15, 0.2) is 5.78 Å². The molecule has 0 aromatic heterocycles. The molecule has 30 heavy (non-hydrogen) atoms. The lowest BCUT2D eigenvalue weighted by molar-refractivity contribution is 0.0972. The number of carbonyl (C=O) groups excluding carboxylic acids is 1. The van der Waals surface area contributed by atoms with Crippen LogP contribution >= 0.6 is 0 Å². The SMILES string of the molecule is O=C1CCCc2cc3c(cc21)OCc1cc(-c2cc(F)ccc2S(=O)(=O)O)ccc1-3. The topological polar surface area (TPSA) is 80.7 Å². The molecule has 5 nitrogen and oxygen atoms in total. The van der Waals surface area contributed by atoms with Gasteiger partial charge in [0.25, 0.3) is 10.1 Å². The van der Waals surface area contributed by atoms with Crippen LogP contribution in [0.5, 0.6) is 5.75 Å². The lowest BCUT2D eigenvalue weighted by Gasteiger charge is -2.25. The van der Waals surface area contributed by atoms with Gasteiger partial charge in [0, 0.05) is 23.1 Å². The van der Waals surface area contributed by atoms with E-state index in [2.05, 4.69) is 0 Å². The first-order valence-electron chi connectivity index (χ1n) is 9.55. The molecule has 1 N–H and O–H groups in total. The lowest BCUT2D eigenvalue weighted by atomic mass is 9.85. The van der Waals surface area contributed by atoms with Gasteiger partial charge in [0.1, 0.15) is 23.1 Å². The molecular weight excluding hydrogens is 407 g/mol. The summed E-state index contributed by atoms with van der Waals surface area (Å²) in [6.45, 7) is 0.236. The van der Waals surface area contributed by atoms with E-state index in [9.17, 15) is 22.2 Å². The number of benzene rings is 3. The Kier molecular flexibility index (Phi) is 4.27. The van der Waals surface area contributed by atoms with Crippen LogP contribution in [-0.4, -0.2) is 18.8 Å². The van der Waals surface area contributed by atoms with E-state index in [-0.39, 0.29) is 22.8 Å². The third-order valence-electron chi connectivity index (χ3n) is 5.66. The molecule has 0 unspecified atom stereocenters. The monoisotopic (exact) mass is 424 g/mol. The molecule has 0 atom stereocenters. The first-order valence-corrected chi connectivity index (χ1v) is 11.0. The molecule has 2 aliphatic rings. The van der Waals surface area contributed by atoms with Crippen LogP contribution in [0.3, 0.4) is 0 Å². The number of Topliss-reactive ketones (excluding diaryl/α,β-unsaturated/α-hetero) is 1. The van der Waals surface area contributed by atoms with Gasteiger partial charge in [0.2, 0.25) is 0 Å². The number of fused-ring (bicyclic) bond motifs is 4. The van der Waals surface area contributed by atoms with E-state index in [1.54, 1.807) is 12.1 Å². The van der Waals surface area contributed by atoms with E-state index < -0.39 is 15.9 Å². The predicted molar refractivity (Wildman–Crippen MR) is 109 cm³/mol. The highest BCUT2D eigenvalue weighted by Crippen LogP contribution is 2.42. The van der Waals surface area contributed by atoms with Crippen molar-refractivity contribution < 1.29 is 26.9 Å². The fourth-order valence-electron chi connectivity index (χ4n) is 4.25. The molecule has 152 valence electrons. The molecule has 3 aromatic rings. The van der Waals surface area contributed by atoms with E-state index in [1.165, 1.54) is 0 Å². The maximum Gasteiger partial charge on any atom is 0.295 e. The molecule has 0 amide bonds. The Bertz CT molecular complexity index is 1330. The second kappa shape index (κ2) is 6.75. The normalized spacial score (nSPS) is 15.1. The Morgan fingerprint density at radius 2 is 1.70 bits per heavy atom. The summed E-state index contributed by atoms with van der Waals surface area (Å²) >= 11 is 0. The summed E-state index contributed by atoms with van der Waals surface area (Å²) in [7, 11) is -4.51. The number of halogens is 1. The number of aryl methyl sites for hydroxylation is 1. The molecule has 3 aromatic carbocycles. The fourth-order valence-corrected chi connectivity index (χ4v) is 4.94. The van der Waals surface area contributed by atoms with Crippen molar-refractivity contribution in [1.29, 1.82) is 0 Å². The lowest BCUT2D eigenvalue weighted by Crippen LogP contribution is -2.13. The average molecular weight is 424 g/mol. The average Bonchev–Trinajstić information content (AvgIpc) is 2.71. The van der Waals surface area contributed by atoms with E-state index in [0.717, 1.165) is 58.9 Å². The molecule has 5 rings (SSSR count). The molecule has 0 radical (unpaired) electrons. The van der Waals surface area contributed by atoms with Crippen LogP contribution in [0, 0.1) is 5.82 Å². The van der Waals surface area contributed by atoms with Crippen molar-refractivity contribution in [2.24, 2.45) is 0 Å².